The van der Waals surface area contributed by atoms with Gasteiger partial charge in [-0.15, -0.1) is 0 Å². The van der Waals surface area contributed by atoms with Crippen LogP contribution in [0.25, 0.3) is 11.0 Å². The monoisotopic (exact) mass is 373 g/mol. The molecule has 0 saturated heterocycles. The second-order valence-electron chi connectivity index (χ2n) is 8.06. The van der Waals surface area contributed by atoms with Crippen LogP contribution in [0.15, 0.2) is 9.21 Å². The quantitative estimate of drug-likeness (QED) is 0.464. The molecule has 0 amide bonds. The third-order valence-corrected chi connectivity index (χ3v) is 5.82. The molecular weight excluding hydrogens is 354 g/mol. The maximum absolute atomic E-state index is 12.5. The Balaban J connectivity index is 1.91. The Morgan fingerprint density at radius 2 is 1.89 bits per heavy atom. The summed E-state index contributed by atoms with van der Waals surface area (Å²) in [4.78, 5) is 23.2. The van der Waals surface area contributed by atoms with E-state index < -0.39 is 28.5 Å². The molecule has 0 radical (unpaired) electrons. The number of aryl methyl sites for hydroxylation is 1. The van der Waals surface area contributed by atoms with E-state index in [1.165, 1.54) is 0 Å². The van der Waals surface area contributed by atoms with Gasteiger partial charge in [0.05, 0.1) is 15.9 Å². The third-order valence-electron chi connectivity index (χ3n) is 5.82. The molecule has 0 fully saturated rings. The van der Waals surface area contributed by atoms with Crippen LogP contribution in [-0.2, 0) is 19.3 Å². The maximum atomic E-state index is 12.5. The number of rotatable bonds is 1. The summed E-state index contributed by atoms with van der Waals surface area (Å²) in [6.07, 6.45) is 0.376. The average molecular weight is 373 g/mol. The largest absolute Gasteiger partial charge is 0.487 e. The minimum Gasteiger partial charge on any atom is -0.487 e. The van der Waals surface area contributed by atoms with Gasteiger partial charge in [-0.1, -0.05) is 0 Å². The fourth-order valence-corrected chi connectivity index (χ4v) is 4.52. The molecular formula is C19H19NO7. The van der Waals surface area contributed by atoms with E-state index in [2.05, 4.69) is 0 Å². The molecule has 5 rings (SSSR count). The van der Waals surface area contributed by atoms with Crippen molar-refractivity contribution >= 4 is 11.0 Å². The van der Waals surface area contributed by atoms with E-state index in [0.29, 0.717) is 47.9 Å². The Bertz CT molecular complexity index is 1070. The molecule has 0 unspecified atom stereocenters. The zero-order valence-electron chi connectivity index (χ0n) is 15.0. The lowest BCUT2D eigenvalue weighted by molar-refractivity contribution is -0.572. The first-order valence-corrected chi connectivity index (χ1v) is 9.13. The molecule has 27 heavy (non-hydrogen) atoms. The van der Waals surface area contributed by atoms with Crippen LogP contribution in [0.2, 0.25) is 0 Å². The van der Waals surface area contributed by atoms with Gasteiger partial charge in [0.25, 0.3) is 0 Å². The fourth-order valence-electron chi connectivity index (χ4n) is 4.52. The van der Waals surface area contributed by atoms with Gasteiger partial charge in [0.1, 0.15) is 17.1 Å². The molecule has 0 saturated carbocycles. The molecule has 8 nitrogen and oxygen atoms in total. The van der Waals surface area contributed by atoms with Crippen molar-refractivity contribution < 1.29 is 23.9 Å². The summed E-state index contributed by atoms with van der Waals surface area (Å²) >= 11 is 0. The number of nitrogens with zero attached hydrogens (tertiary/aromatic N) is 1. The standard InChI is InChI=1S/C19H19NO7/c1-19(2)7-6-10-14-12(13(21)17(25-14)20(23)24)16-11(15(10)27-19)8-4-3-5-9(8)18(22)26-16/h13,17,21H,3-7H2,1-2H3/t13-,17-/m0/s1. The number of benzene rings is 1. The van der Waals surface area contributed by atoms with Crippen LogP contribution in [0.1, 0.15) is 55.0 Å². The second-order valence-corrected chi connectivity index (χ2v) is 8.06. The van der Waals surface area contributed by atoms with E-state index in [9.17, 15) is 20.0 Å². The number of hydrogen-bond donors (Lipinski definition) is 1. The highest BCUT2D eigenvalue weighted by Gasteiger charge is 2.48. The van der Waals surface area contributed by atoms with E-state index >= 15 is 0 Å². The summed E-state index contributed by atoms with van der Waals surface area (Å²) in [5.41, 5.74) is 1.69. The van der Waals surface area contributed by atoms with Crippen LogP contribution in [0.4, 0.5) is 0 Å². The Hall–Kier alpha value is -2.61. The summed E-state index contributed by atoms with van der Waals surface area (Å²) in [5, 5.41) is 22.6. The van der Waals surface area contributed by atoms with Crippen LogP contribution in [0.5, 0.6) is 11.5 Å². The second kappa shape index (κ2) is 5.22. The molecule has 2 atom stereocenters. The van der Waals surface area contributed by atoms with Crippen molar-refractivity contribution in [1.29, 1.82) is 0 Å². The van der Waals surface area contributed by atoms with E-state index in [1.807, 2.05) is 13.8 Å². The highest BCUT2D eigenvalue weighted by molar-refractivity contribution is 5.95. The number of aliphatic hydroxyl groups is 1. The third kappa shape index (κ3) is 2.16. The van der Waals surface area contributed by atoms with Gasteiger partial charge in [0.15, 0.2) is 11.7 Å². The number of aliphatic hydroxyl groups excluding tert-OH is 1. The van der Waals surface area contributed by atoms with Gasteiger partial charge in [0, 0.05) is 11.1 Å². The molecule has 1 aromatic heterocycles. The maximum Gasteiger partial charge on any atom is 0.384 e. The molecule has 1 aromatic carbocycles. The first-order chi connectivity index (χ1) is 12.8. The number of hydrogen-bond acceptors (Lipinski definition) is 7. The summed E-state index contributed by atoms with van der Waals surface area (Å²) in [5.74, 6) is 0.793. The van der Waals surface area contributed by atoms with Gasteiger partial charge in [-0.3, -0.25) is 10.1 Å². The van der Waals surface area contributed by atoms with E-state index in [-0.39, 0.29) is 16.9 Å². The highest BCUT2D eigenvalue weighted by Crippen LogP contribution is 2.53. The molecule has 142 valence electrons. The first kappa shape index (κ1) is 16.6. The summed E-state index contributed by atoms with van der Waals surface area (Å²) in [6, 6.07) is 0. The van der Waals surface area contributed by atoms with Crippen molar-refractivity contribution in [3.8, 4) is 11.5 Å². The predicted octanol–water partition coefficient (Wildman–Crippen LogP) is 2.41. The molecule has 1 aliphatic carbocycles. The van der Waals surface area contributed by atoms with Gasteiger partial charge in [-0.25, -0.2) is 4.79 Å². The van der Waals surface area contributed by atoms with Crippen molar-refractivity contribution in [1.82, 2.24) is 0 Å². The molecule has 0 bridgehead atoms. The zero-order chi connectivity index (χ0) is 19.1. The van der Waals surface area contributed by atoms with Crippen molar-refractivity contribution in [2.75, 3.05) is 0 Å². The smallest absolute Gasteiger partial charge is 0.384 e. The van der Waals surface area contributed by atoms with Gasteiger partial charge < -0.3 is 19.0 Å². The number of ether oxygens (including phenoxy) is 2. The summed E-state index contributed by atoms with van der Waals surface area (Å²) in [6.45, 7) is 3.95. The SMILES string of the molecule is CC1(C)CCc2c3c(c4oc(=O)c5c(c4c2O1)CCC5)[C@H](O)[C@@H]([N+](=O)[O-])O3. The Morgan fingerprint density at radius 3 is 2.63 bits per heavy atom. The molecule has 0 spiro atoms. The van der Waals surface area contributed by atoms with Gasteiger partial charge in [-0.05, 0) is 51.5 Å². The highest BCUT2D eigenvalue weighted by atomic mass is 16.7. The lowest BCUT2D eigenvalue weighted by atomic mass is 9.88. The van der Waals surface area contributed by atoms with E-state index in [1.54, 1.807) is 0 Å². The lowest BCUT2D eigenvalue weighted by Gasteiger charge is -2.34. The normalized spacial score (nSPS) is 24.7. The topological polar surface area (TPSA) is 112 Å². The van der Waals surface area contributed by atoms with Crippen molar-refractivity contribution in [2.24, 2.45) is 0 Å². The summed E-state index contributed by atoms with van der Waals surface area (Å²) < 4.78 is 17.4. The molecule has 3 heterocycles. The lowest BCUT2D eigenvalue weighted by Crippen LogP contribution is -2.33. The molecule has 1 N–H and O–H groups in total. The minimum absolute atomic E-state index is 0.156. The van der Waals surface area contributed by atoms with Gasteiger partial charge >= 0.3 is 11.9 Å². The summed E-state index contributed by atoms with van der Waals surface area (Å²) in [7, 11) is 0. The minimum atomic E-state index is -1.62. The van der Waals surface area contributed by atoms with Crippen molar-refractivity contribution in [3.63, 3.8) is 0 Å². The van der Waals surface area contributed by atoms with Crippen LogP contribution in [-0.4, -0.2) is 21.9 Å². The van der Waals surface area contributed by atoms with Crippen LogP contribution in [0, 0.1) is 10.1 Å². The Morgan fingerprint density at radius 1 is 1.15 bits per heavy atom. The molecule has 2 aliphatic heterocycles. The Labute approximate surface area is 153 Å². The predicted molar refractivity (Wildman–Crippen MR) is 93.9 cm³/mol. The fraction of sp³-hybridized carbons (Fsp3) is 0.526. The molecule has 2 aromatic rings. The van der Waals surface area contributed by atoms with Crippen molar-refractivity contribution in [2.45, 2.75) is 63.9 Å². The average Bonchev–Trinajstić information content (AvgIpc) is 3.19. The van der Waals surface area contributed by atoms with Gasteiger partial charge in [-0.2, -0.15) is 0 Å². The van der Waals surface area contributed by atoms with E-state index in [4.69, 9.17) is 13.9 Å². The molecule has 8 heteroatoms. The molecule has 3 aliphatic rings. The van der Waals surface area contributed by atoms with Crippen LogP contribution < -0.4 is 15.1 Å². The van der Waals surface area contributed by atoms with Crippen molar-refractivity contribution in [3.05, 3.63) is 42.8 Å². The van der Waals surface area contributed by atoms with Crippen LogP contribution >= 0.6 is 0 Å². The number of fused-ring (bicyclic) bond motifs is 8. The van der Waals surface area contributed by atoms with E-state index in [0.717, 1.165) is 12.0 Å². The van der Waals surface area contributed by atoms with Crippen LogP contribution in [0.3, 0.4) is 0 Å². The number of nitro groups is 1. The zero-order valence-corrected chi connectivity index (χ0v) is 15.0. The van der Waals surface area contributed by atoms with Gasteiger partial charge in [0.2, 0.25) is 0 Å². The Kier molecular flexibility index (Phi) is 3.20. The first-order valence-electron chi connectivity index (χ1n) is 9.13.